The van der Waals surface area contributed by atoms with Crippen molar-refractivity contribution in [2.24, 2.45) is 7.05 Å². The fourth-order valence-corrected chi connectivity index (χ4v) is 4.56. The topological polar surface area (TPSA) is 71.4 Å². The summed E-state index contributed by atoms with van der Waals surface area (Å²) in [5, 5.41) is 2.85. The van der Waals surface area contributed by atoms with Gasteiger partial charge < -0.3 is 9.88 Å². The molecule has 1 aromatic carbocycles. The Morgan fingerprint density at radius 2 is 1.88 bits per heavy atom. The van der Waals surface area contributed by atoms with Crippen LogP contribution in [0.1, 0.15) is 34.6 Å². The van der Waals surface area contributed by atoms with Crippen molar-refractivity contribution < 1.29 is 13.2 Å². The second-order valence-electron chi connectivity index (χ2n) is 6.35. The molecule has 25 heavy (non-hydrogen) atoms. The fraction of sp³-hybridized carbons (Fsp3) is 0.389. The number of nitrogens with zero attached hydrogens (tertiary/aromatic N) is 2. The summed E-state index contributed by atoms with van der Waals surface area (Å²) >= 11 is 0. The van der Waals surface area contributed by atoms with Gasteiger partial charge in [-0.3, -0.25) is 4.79 Å². The zero-order chi connectivity index (χ0) is 18.0. The maximum Gasteiger partial charge on any atom is 0.251 e. The summed E-state index contributed by atoms with van der Waals surface area (Å²) < 4.78 is 28.7. The molecule has 1 aliphatic heterocycles. The zero-order valence-corrected chi connectivity index (χ0v) is 15.3. The molecule has 6 nitrogen and oxygen atoms in total. The summed E-state index contributed by atoms with van der Waals surface area (Å²) in [6.07, 6.45) is 1.77. The minimum atomic E-state index is -3.52. The van der Waals surface area contributed by atoms with Crippen LogP contribution in [-0.4, -0.2) is 36.3 Å². The van der Waals surface area contributed by atoms with E-state index in [0.29, 0.717) is 25.2 Å². The van der Waals surface area contributed by atoms with Crippen LogP contribution < -0.4 is 5.32 Å². The van der Waals surface area contributed by atoms with Crippen molar-refractivity contribution in [3.05, 3.63) is 53.3 Å². The SMILES string of the molecule is Cc1ccc(CNC(=O)c2cccc(S(=O)(=O)N3CCCC3)c2)n1C. The highest BCUT2D eigenvalue weighted by atomic mass is 32.2. The average Bonchev–Trinajstić information content (AvgIpc) is 3.25. The lowest BCUT2D eigenvalue weighted by Crippen LogP contribution is -2.28. The van der Waals surface area contributed by atoms with Crippen molar-refractivity contribution in [2.45, 2.75) is 31.2 Å². The third-order valence-electron chi connectivity index (χ3n) is 4.71. The Morgan fingerprint density at radius 3 is 2.52 bits per heavy atom. The van der Waals surface area contributed by atoms with Gasteiger partial charge in [-0.2, -0.15) is 4.31 Å². The van der Waals surface area contributed by atoms with Gasteiger partial charge in [-0.15, -0.1) is 0 Å². The van der Waals surface area contributed by atoms with Crippen LogP contribution >= 0.6 is 0 Å². The maximum absolute atomic E-state index is 12.6. The summed E-state index contributed by atoms with van der Waals surface area (Å²) in [6, 6.07) is 10.2. The Bertz CT molecular complexity index is 881. The summed E-state index contributed by atoms with van der Waals surface area (Å²) in [4.78, 5) is 12.6. The minimum absolute atomic E-state index is 0.178. The van der Waals surface area contributed by atoms with E-state index >= 15 is 0 Å². The highest BCUT2D eigenvalue weighted by Crippen LogP contribution is 2.21. The second kappa shape index (κ2) is 7.01. The molecule has 3 rings (SSSR count). The van der Waals surface area contributed by atoms with Gasteiger partial charge in [0.05, 0.1) is 11.4 Å². The quantitative estimate of drug-likeness (QED) is 0.886. The number of aromatic nitrogens is 1. The average molecular weight is 361 g/mol. The maximum atomic E-state index is 12.6. The molecular formula is C18H23N3O3S. The molecular weight excluding hydrogens is 338 g/mol. The van der Waals surface area contributed by atoms with Crippen LogP contribution in [0, 0.1) is 6.92 Å². The van der Waals surface area contributed by atoms with Crippen LogP contribution in [0.5, 0.6) is 0 Å². The smallest absolute Gasteiger partial charge is 0.251 e. The van der Waals surface area contributed by atoms with Gasteiger partial charge in [0, 0.05) is 37.1 Å². The predicted molar refractivity (Wildman–Crippen MR) is 95.8 cm³/mol. The van der Waals surface area contributed by atoms with Crippen LogP contribution in [0.4, 0.5) is 0 Å². The van der Waals surface area contributed by atoms with Crippen molar-refractivity contribution >= 4 is 15.9 Å². The third-order valence-corrected chi connectivity index (χ3v) is 6.60. The Morgan fingerprint density at radius 1 is 1.16 bits per heavy atom. The van der Waals surface area contributed by atoms with E-state index in [2.05, 4.69) is 5.32 Å². The van der Waals surface area contributed by atoms with Crippen LogP contribution in [0.15, 0.2) is 41.3 Å². The first kappa shape index (κ1) is 17.7. The van der Waals surface area contributed by atoms with Crippen LogP contribution in [0.25, 0.3) is 0 Å². The Balaban J connectivity index is 1.74. The summed E-state index contributed by atoms with van der Waals surface area (Å²) in [5.41, 5.74) is 2.46. The molecule has 1 amide bonds. The first-order valence-electron chi connectivity index (χ1n) is 8.39. The molecule has 1 aliphatic rings. The van der Waals surface area contributed by atoms with Gasteiger partial charge in [-0.25, -0.2) is 8.42 Å². The number of aryl methyl sites for hydroxylation is 1. The molecule has 0 unspecified atom stereocenters. The lowest BCUT2D eigenvalue weighted by molar-refractivity contribution is 0.0950. The second-order valence-corrected chi connectivity index (χ2v) is 8.28. The molecule has 0 radical (unpaired) electrons. The van der Waals surface area contributed by atoms with E-state index in [0.717, 1.165) is 24.2 Å². The van der Waals surface area contributed by atoms with Crippen LogP contribution in [-0.2, 0) is 23.6 Å². The first-order valence-corrected chi connectivity index (χ1v) is 9.83. The molecule has 1 N–H and O–H groups in total. The number of carbonyl (C=O) groups excluding carboxylic acids is 1. The number of amides is 1. The molecule has 0 atom stereocenters. The molecule has 0 aliphatic carbocycles. The number of hydrogen-bond donors (Lipinski definition) is 1. The number of rotatable bonds is 5. The largest absolute Gasteiger partial charge is 0.350 e. The Kier molecular flexibility index (Phi) is 4.96. The minimum Gasteiger partial charge on any atom is -0.350 e. The van der Waals surface area contributed by atoms with Gasteiger partial charge in [0.1, 0.15) is 0 Å². The van der Waals surface area contributed by atoms with Gasteiger partial charge in [0.2, 0.25) is 10.0 Å². The van der Waals surface area contributed by atoms with E-state index < -0.39 is 10.0 Å². The van der Waals surface area contributed by atoms with Crippen molar-refractivity contribution in [3.8, 4) is 0 Å². The molecule has 0 saturated carbocycles. The van der Waals surface area contributed by atoms with Crippen molar-refractivity contribution in [1.82, 2.24) is 14.2 Å². The molecule has 7 heteroatoms. The number of sulfonamides is 1. The lowest BCUT2D eigenvalue weighted by atomic mass is 10.2. The van der Waals surface area contributed by atoms with Crippen LogP contribution in [0.3, 0.4) is 0 Å². The normalized spacial score (nSPS) is 15.4. The van der Waals surface area contributed by atoms with Gasteiger partial charge in [-0.05, 0) is 50.1 Å². The molecule has 134 valence electrons. The highest BCUT2D eigenvalue weighted by Gasteiger charge is 2.27. The monoisotopic (exact) mass is 361 g/mol. The van der Waals surface area contributed by atoms with Crippen LogP contribution in [0.2, 0.25) is 0 Å². The molecule has 2 aromatic rings. The molecule has 1 fully saturated rings. The number of carbonyl (C=O) groups is 1. The van der Waals surface area contributed by atoms with Gasteiger partial charge in [-0.1, -0.05) is 6.07 Å². The summed E-state index contributed by atoms with van der Waals surface area (Å²) in [5.74, 6) is -0.280. The molecule has 0 bridgehead atoms. The van der Waals surface area contributed by atoms with Gasteiger partial charge in [0.15, 0.2) is 0 Å². The lowest BCUT2D eigenvalue weighted by Gasteiger charge is -2.16. The third kappa shape index (κ3) is 3.62. The standard InChI is InChI=1S/C18H23N3O3S/c1-14-8-9-16(20(14)2)13-19-18(22)15-6-5-7-17(12-15)25(23,24)21-10-3-4-11-21/h5-9,12H,3-4,10-11,13H2,1-2H3,(H,19,22). The van der Waals surface area contributed by atoms with Gasteiger partial charge >= 0.3 is 0 Å². The molecule has 0 spiro atoms. The molecule has 2 heterocycles. The van der Waals surface area contributed by atoms with E-state index in [4.69, 9.17) is 0 Å². The number of benzene rings is 1. The number of hydrogen-bond acceptors (Lipinski definition) is 3. The zero-order valence-electron chi connectivity index (χ0n) is 14.5. The summed E-state index contributed by atoms with van der Waals surface area (Å²) in [6.45, 7) is 3.49. The first-order chi connectivity index (χ1) is 11.9. The highest BCUT2D eigenvalue weighted by molar-refractivity contribution is 7.89. The predicted octanol–water partition coefficient (Wildman–Crippen LogP) is 2.05. The van der Waals surface area contributed by atoms with E-state index in [9.17, 15) is 13.2 Å². The fourth-order valence-electron chi connectivity index (χ4n) is 2.99. The van der Waals surface area contributed by atoms with Crippen molar-refractivity contribution in [1.29, 1.82) is 0 Å². The Labute approximate surface area is 148 Å². The number of nitrogens with one attached hydrogen (secondary N) is 1. The van der Waals surface area contributed by atoms with Crippen molar-refractivity contribution in [3.63, 3.8) is 0 Å². The van der Waals surface area contributed by atoms with E-state index in [-0.39, 0.29) is 10.8 Å². The molecule has 1 saturated heterocycles. The molecule has 1 aromatic heterocycles. The Hall–Kier alpha value is -2.12. The van der Waals surface area contributed by atoms with E-state index in [1.54, 1.807) is 18.2 Å². The van der Waals surface area contributed by atoms with E-state index in [1.165, 1.54) is 10.4 Å². The van der Waals surface area contributed by atoms with E-state index in [1.807, 2.05) is 30.7 Å². The van der Waals surface area contributed by atoms with Gasteiger partial charge in [0.25, 0.3) is 5.91 Å². The van der Waals surface area contributed by atoms with Crippen molar-refractivity contribution in [2.75, 3.05) is 13.1 Å². The summed E-state index contributed by atoms with van der Waals surface area (Å²) in [7, 11) is -1.57.